The highest BCUT2D eigenvalue weighted by Gasteiger charge is 2.26. The average molecular weight is 441 g/mol. The molecule has 2 aliphatic rings. The quantitative estimate of drug-likeness (QED) is 0.535. The standard InChI is InChI=1S/C26H40N4O2/c1-2-3-4-15-30-24-18-21(6-5-20-9-13-27-14-10-20)7-8-23(24)26(28-30)22-11-16-29(17-12-22)19-25(31)32/h7-8,18,20,22,27H,2-6,9-17,19H2,1H3,(H,31,32). The van der Waals surface area contributed by atoms with Crippen molar-refractivity contribution in [2.75, 3.05) is 32.7 Å². The summed E-state index contributed by atoms with van der Waals surface area (Å²) < 4.78 is 2.26. The van der Waals surface area contributed by atoms with Crippen LogP contribution in [0.5, 0.6) is 0 Å². The molecule has 0 spiro atoms. The largest absolute Gasteiger partial charge is 0.480 e. The Morgan fingerprint density at radius 2 is 1.94 bits per heavy atom. The lowest BCUT2D eigenvalue weighted by molar-refractivity contribution is -0.138. The third-order valence-electron chi connectivity index (χ3n) is 7.45. The van der Waals surface area contributed by atoms with Gasteiger partial charge in [0.05, 0.1) is 17.8 Å². The van der Waals surface area contributed by atoms with E-state index in [4.69, 9.17) is 10.2 Å². The van der Waals surface area contributed by atoms with Crippen molar-refractivity contribution in [2.45, 2.75) is 77.2 Å². The number of nitrogens with one attached hydrogen (secondary N) is 1. The zero-order valence-corrected chi connectivity index (χ0v) is 19.7. The normalized spacial score (nSPS) is 19.0. The molecule has 2 aromatic rings. The number of fused-ring (bicyclic) bond motifs is 1. The molecule has 32 heavy (non-hydrogen) atoms. The van der Waals surface area contributed by atoms with Gasteiger partial charge in [0.15, 0.2) is 0 Å². The van der Waals surface area contributed by atoms with Crippen molar-refractivity contribution in [3.05, 3.63) is 29.5 Å². The fourth-order valence-corrected chi connectivity index (χ4v) is 5.48. The highest BCUT2D eigenvalue weighted by atomic mass is 16.4. The van der Waals surface area contributed by atoms with Crippen LogP contribution in [0.4, 0.5) is 0 Å². The second-order valence-corrected chi connectivity index (χ2v) is 9.84. The number of hydrogen-bond acceptors (Lipinski definition) is 4. The highest BCUT2D eigenvalue weighted by Crippen LogP contribution is 2.33. The SMILES string of the molecule is CCCCCn1nc(C2CCN(CC(=O)O)CC2)c2ccc(CCC3CCNCC3)cc21. The van der Waals surface area contributed by atoms with Crippen molar-refractivity contribution in [3.8, 4) is 0 Å². The Balaban J connectivity index is 1.50. The molecule has 2 fully saturated rings. The van der Waals surface area contributed by atoms with E-state index in [1.165, 1.54) is 73.8 Å². The summed E-state index contributed by atoms with van der Waals surface area (Å²) in [6, 6.07) is 7.04. The van der Waals surface area contributed by atoms with E-state index in [2.05, 4.69) is 40.0 Å². The van der Waals surface area contributed by atoms with Crippen molar-refractivity contribution in [3.63, 3.8) is 0 Å². The molecule has 0 bridgehead atoms. The van der Waals surface area contributed by atoms with Crippen molar-refractivity contribution < 1.29 is 9.90 Å². The molecular formula is C26H40N4O2. The predicted molar refractivity (Wildman–Crippen MR) is 129 cm³/mol. The van der Waals surface area contributed by atoms with Crippen LogP contribution in [-0.2, 0) is 17.8 Å². The maximum absolute atomic E-state index is 11.0. The number of hydrogen-bond donors (Lipinski definition) is 2. The molecule has 176 valence electrons. The summed E-state index contributed by atoms with van der Waals surface area (Å²) in [5, 5.41) is 19.0. The lowest BCUT2D eigenvalue weighted by Gasteiger charge is -2.30. The molecule has 0 atom stereocenters. The second-order valence-electron chi connectivity index (χ2n) is 9.84. The molecule has 0 unspecified atom stereocenters. The molecule has 4 rings (SSSR count). The van der Waals surface area contributed by atoms with Crippen LogP contribution in [0.2, 0.25) is 0 Å². The molecule has 0 amide bonds. The summed E-state index contributed by atoms with van der Waals surface area (Å²) in [7, 11) is 0. The lowest BCUT2D eigenvalue weighted by Crippen LogP contribution is -2.36. The molecule has 2 aliphatic heterocycles. The van der Waals surface area contributed by atoms with Gasteiger partial charge in [-0.25, -0.2) is 0 Å². The molecule has 0 radical (unpaired) electrons. The molecule has 0 saturated carbocycles. The first kappa shape index (κ1) is 23.2. The van der Waals surface area contributed by atoms with Crippen LogP contribution in [0.1, 0.15) is 75.5 Å². The van der Waals surface area contributed by atoms with E-state index in [0.717, 1.165) is 44.8 Å². The van der Waals surface area contributed by atoms with Gasteiger partial charge in [0.25, 0.3) is 0 Å². The van der Waals surface area contributed by atoms with E-state index in [1.807, 2.05) is 0 Å². The van der Waals surface area contributed by atoms with Crippen LogP contribution in [-0.4, -0.2) is 58.5 Å². The van der Waals surface area contributed by atoms with Gasteiger partial charge in [-0.05, 0) is 88.7 Å². The summed E-state index contributed by atoms with van der Waals surface area (Å²) in [5.74, 6) is 0.551. The minimum absolute atomic E-state index is 0.152. The third-order valence-corrected chi connectivity index (χ3v) is 7.45. The maximum atomic E-state index is 11.0. The Morgan fingerprint density at radius 1 is 1.16 bits per heavy atom. The van der Waals surface area contributed by atoms with Crippen molar-refractivity contribution in [1.29, 1.82) is 0 Å². The van der Waals surface area contributed by atoms with Crippen LogP contribution < -0.4 is 5.32 Å². The number of benzene rings is 1. The minimum Gasteiger partial charge on any atom is -0.480 e. The first-order valence-corrected chi connectivity index (χ1v) is 12.8. The number of carboxylic acid groups (broad SMARTS) is 1. The number of aliphatic carboxylic acids is 1. The number of aryl methyl sites for hydroxylation is 2. The van der Waals surface area contributed by atoms with Gasteiger partial charge in [-0.2, -0.15) is 5.10 Å². The topological polar surface area (TPSA) is 70.4 Å². The van der Waals surface area contributed by atoms with Gasteiger partial charge in [-0.15, -0.1) is 0 Å². The Morgan fingerprint density at radius 3 is 2.66 bits per heavy atom. The smallest absolute Gasteiger partial charge is 0.317 e. The Bertz CT molecular complexity index is 879. The summed E-state index contributed by atoms with van der Waals surface area (Å²) in [6.07, 6.45) is 10.7. The van der Waals surface area contributed by atoms with Gasteiger partial charge in [-0.3, -0.25) is 14.4 Å². The van der Waals surface area contributed by atoms with Crippen molar-refractivity contribution in [2.24, 2.45) is 5.92 Å². The van der Waals surface area contributed by atoms with Gasteiger partial charge in [0.1, 0.15) is 0 Å². The molecule has 2 N–H and O–H groups in total. The number of likely N-dealkylation sites (tertiary alicyclic amines) is 1. The number of nitrogens with zero attached hydrogens (tertiary/aromatic N) is 3. The number of unbranched alkanes of at least 4 members (excludes halogenated alkanes) is 2. The highest BCUT2D eigenvalue weighted by molar-refractivity contribution is 5.83. The van der Waals surface area contributed by atoms with E-state index in [1.54, 1.807) is 0 Å². The van der Waals surface area contributed by atoms with E-state index in [-0.39, 0.29) is 6.54 Å². The van der Waals surface area contributed by atoms with Crippen LogP contribution in [0, 0.1) is 5.92 Å². The molecule has 2 saturated heterocycles. The number of rotatable bonds is 10. The fourth-order valence-electron chi connectivity index (χ4n) is 5.48. The number of aromatic nitrogens is 2. The van der Waals surface area contributed by atoms with E-state index >= 15 is 0 Å². The van der Waals surface area contributed by atoms with Gasteiger partial charge in [0.2, 0.25) is 0 Å². The van der Waals surface area contributed by atoms with Gasteiger partial charge >= 0.3 is 5.97 Å². The minimum atomic E-state index is -0.730. The van der Waals surface area contributed by atoms with Crippen LogP contribution in [0.3, 0.4) is 0 Å². The van der Waals surface area contributed by atoms with Crippen molar-refractivity contribution >= 4 is 16.9 Å². The number of piperidine rings is 2. The van der Waals surface area contributed by atoms with Gasteiger partial charge in [0, 0.05) is 17.8 Å². The van der Waals surface area contributed by atoms with Crippen molar-refractivity contribution in [1.82, 2.24) is 20.0 Å². The Labute approximate surface area is 192 Å². The number of carbonyl (C=O) groups is 1. The third kappa shape index (κ3) is 5.90. The van der Waals surface area contributed by atoms with E-state index < -0.39 is 5.97 Å². The number of carboxylic acids is 1. The second kappa shape index (κ2) is 11.3. The molecule has 1 aromatic carbocycles. The summed E-state index contributed by atoms with van der Waals surface area (Å²) >= 11 is 0. The van der Waals surface area contributed by atoms with Crippen LogP contribution in [0.25, 0.3) is 10.9 Å². The molecule has 3 heterocycles. The first-order valence-electron chi connectivity index (χ1n) is 12.8. The zero-order chi connectivity index (χ0) is 22.3. The first-order chi connectivity index (χ1) is 15.6. The Hall–Kier alpha value is -1.92. The van der Waals surface area contributed by atoms with E-state index in [0.29, 0.717) is 5.92 Å². The van der Waals surface area contributed by atoms with Gasteiger partial charge in [-0.1, -0.05) is 31.9 Å². The summed E-state index contributed by atoms with van der Waals surface area (Å²) in [5.41, 5.74) is 3.97. The molecular weight excluding hydrogens is 400 g/mol. The van der Waals surface area contributed by atoms with Crippen LogP contribution >= 0.6 is 0 Å². The Kier molecular flexibility index (Phi) is 8.20. The fraction of sp³-hybridized carbons (Fsp3) is 0.692. The lowest BCUT2D eigenvalue weighted by atomic mass is 9.90. The monoisotopic (exact) mass is 440 g/mol. The molecule has 6 heteroatoms. The maximum Gasteiger partial charge on any atom is 0.317 e. The predicted octanol–water partition coefficient (Wildman–Crippen LogP) is 4.42. The van der Waals surface area contributed by atoms with Crippen LogP contribution in [0.15, 0.2) is 18.2 Å². The summed E-state index contributed by atoms with van der Waals surface area (Å²) in [4.78, 5) is 13.1. The zero-order valence-electron chi connectivity index (χ0n) is 19.7. The average Bonchev–Trinajstić information content (AvgIpc) is 3.17. The van der Waals surface area contributed by atoms with Gasteiger partial charge < -0.3 is 10.4 Å². The molecule has 0 aliphatic carbocycles. The molecule has 6 nitrogen and oxygen atoms in total. The summed E-state index contributed by atoms with van der Waals surface area (Å²) in [6.45, 7) is 7.41. The van der Waals surface area contributed by atoms with E-state index in [9.17, 15) is 4.79 Å². The molecule has 1 aromatic heterocycles.